The topological polar surface area (TPSA) is 175 Å². The molecule has 0 aliphatic carbocycles. The first-order chi connectivity index (χ1) is 7.86. The number of guanidine groups is 1. The molecule has 0 heterocycles. The number of nitro groups is 2. The second kappa shape index (κ2) is 6.76. The summed E-state index contributed by atoms with van der Waals surface area (Å²) in [6.07, 6.45) is -1.67. The molecule has 0 aromatic rings. The van der Waals surface area contributed by atoms with Gasteiger partial charge in [0.1, 0.15) is 5.10 Å². The molecule has 0 fully saturated rings. The van der Waals surface area contributed by atoms with Crippen molar-refractivity contribution in [2.24, 2.45) is 10.8 Å². The predicted molar refractivity (Wildman–Crippen MR) is 52.3 cm³/mol. The molecule has 0 aromatic carbocycles. The lowest BCUT2D eigenvalue weighted by molar-refractivity contribution is -0.549. The number of carbonyl (C=O) groups is 1. The van der Waals surface area contributed by atoms with Gasteiger partial charge in [0.2, 0.25) is 0 Å². The Balaban J connectivity index is 4.64. The number of carbonyl (C=O) groups excluding carboxylic acids is 1. The van der Waals surface area contributed by atoms with Crippen LogP contribution in [0.5, 0.6) is 0 Å². The Morgan fingerprint density at radius 3 is 2.53 bits per heavy atom. The Bertz CT molecular complexity index is 342. The van der Waals surface area contributed by atoms with E-state index in [-0.39, 0.29) is 6.61 Å². The normalized spacial score (nSPS) is 12.4. The third kappa shape index (κ3) is 6.43. The number of hydrazine groups is 1. The molecule has 12 heteroatoms. The van der Waals surface area contributed by atoms with Gasteiger partial charge in [0.05, 0.1) is 6.61 Å². The maximum Gasteiger partial charge on any atom is 0.355 e. The van der Waals surface area contributed by atoms with Gasteiger partial charge in [0.25, 0.3) is 12.1 Å². The van der Waals surface area contributed by atoms with Crippen LogP contribution in [0.4, 0.5) is 0 Å². The lowest BCUT2D eigenvalue weighted by atomic mass is 10.5. The highest BCUT2D eigenvalue weighted by molar-refractivity contribution is 5.84. The molecule has 17 heavy (non-hydrogen) atoms. The number of ether oxygens (including phenoxy) is 1. The van der Waals surface area contributed by atoms with E-state index in [1.807, 2.05) is 5.32 Å². The molecular weight excluding hydrogens is 240 g/mol. The molecule has 1 unspecified atom stereocenters. The summed E-state index contributed by atoms with van der Waals surface area (Å²) in [5, 5.41) is 22.5. The van der Waals surface area contributed by atoms with E-state index in [9.17, 15) is 25.0 Å². The summed E-state index contributed by atoms with van der Waals surface area (Å²) in [4.78, 5) is 31.3. The van der Waals surface area contributed by atoms with Gasteiger partial charge in [-0.3, -0.25) is 0 Å². The maximum atomic E-state index is 11.2. The van der Waals surface area contributed by atoms with E-state index in [0.29, 0.717) is 0 Å². The van der Waals surface area contributed by atoms with Crippen LogP contribution in [-0.2, 0) is 9.53 Å². The molecule has 96 valence electrons. The van der Waals surface area contributed by atoms with E-state index in [1.165, 1.54) is 12.3 Å². The number of hydrogen-bond acceptors (Lipinski definition) is 6. The van der Waals surface area contributed by atoms with E-state index in [0.717, 1.165) is 0 Å². The maximum absolute atomic E-state index is 11.2. The van der Waals surface area contributed by atoms with Gasteiger partial charge in [0, 0.05) is 0 Å². The molecule has 0 spiro atoms. The Kier molecular flexibility index (Phi) is 5.70. The highest BCUT2D eigenvalue weighted by Gasteiger charge is 2.25. The van der Waals surface area contributed by atoms with Crippen molar-refractivity contribution in [2.75, 3.05) is 6.61 Å². The van der Waals surface area contributed by atoms with E-state index in [1.54, 1.807) is 0 Å². The molecule has 0 saturated heterocycles. The molecule has 0 saturated carbocycles. The summed E-state index contributed by atoms with van der Waals surface area (Å²) >= 11 is 0. The van der Waals surface area contributed by atoms with Gasteiger partial charge in [0.15, 0.2) is 10.1 Å². The number of hydrazone groups is 1. The van der Waals surface area contributed by atoms with Crippen molar-refractivity contribution in [2.45, 2.75) is 13.1 Å². The third-order valence-electron chi connectivity index (χ3n) is 1.24. The highest BCUT2D eigenvalue weighted by Crippen LogP contribution is 1.86. The van der Waals surface area contributed by atoms with Gasteiger partial charge in [-0.2, -0.15) is 0 Å². The van der Waals surface area contributed by atoms with Crippen molar-refractivity contribution < 1.29 is 19.6 Å². The lowest BCUT2D eigenvalue weighted by Crippen LogP contribution is -2.55. The van der Waals surface area contributed by atoms with Gasteiger partial charge >= 0.3 is 5.97 Å². The number of hydrogen-bond donors (Lipinski definition) is 3. The number of nitrogens with two attached hydrogens (primary N) is 1. The molecule has 0 aliphatic heterocycles. The summed E-state index contributed by atoms with van der Waals surface area (Å²) in [5.74, 6) is -1.83. The first-order valence-corrected chi connectivity index (χ1v) is 4.19. The van der Waals surface area contributed by atoms with Crippen LogP contribution in [0.25, 0.3) is 0 Å². The fraction of sp³-hybridized carbons (Fsp3) is 0.600. The summed E-state index contributed by atoms with van der Waals surface area (Å²) in [7, 11) is 0. The standard InChI is InChI=1S/C5H10N6O6/c1-2-17-4(12)3(8-10(13)14)7-5(6)9-11(15)16/h3,8H,2H2,1H3,(H3,6,7,9). The molecule has 0 aliphatic rings. The van der Waals surface area contributed by atoms with Crippen LogP contribution < -0.4 is 16.5 Å². The Labute approximate surface area is 94.1 Å². The zero-order chi connectivity index (χ0) is 13.4. The largest absolute Gasteiger partial charge is 0.463 e. The van der Waals surface area contributed by atoms with E-state index in [2.05, 4.69) is 9.84 Å². The predicted octanol–water partition coefficient (Wildman–Crippen LogP) is -2.25. The minimum Gasteiger partial charge on any atom is -0.463 e. The Morgan fingerprint density at radius 1 is 1.53 bits per heavy atom. The lowest BCUT2D eigenvalue weighted by Gasteiger charge is -2.13. The molecule has 0 amide bonds. The Hall–Kier alpha value is -2.66. The van der Waals surface area contributed by atoms with Crippen LogP contribution in [0.15, 0.2) is 5.10 Å². The summed E-state index contributed by atoms with van der Waals surface area (Å²) in [5.41, 5.74) is 6.53. The minimum atomic E-state index is -1.67. The summed E-state index contributed by atoms with van der Waals surface area (Å²) < 4.78 is 4.46. The fourth-order valence-corrected chi connectivity index (χ4v) is 0.740. The van der Waals surface area contributed by atoms with Crippen LogP contribution in [0, 0.1) is 20.2 Å². The smallest absolute Gasteiger partial charge is 0.355 e. The second-order valence-corrected chi connectivity index (χ2v) is 2.44. The molecule has 0 rings (SSSR count). The van der Waals surface area contributed by atoms with E-state index in [4.69, 9.17) is 5.73 Å². The van der Waals surface area contributed by atoms with Gasteiger partial charge < -0.3 is 15.8 Å². The molecule has 4 N–H and O–H groups in total. The van der Waals surface area contributed by atoms with Crippen molar-refractivity contribution in [3.8, 4) is 0 Å². The molecule has 0 radical (unpaired) electrons. The molecule has 12 nitrogen and oxygen atoms in total. The number of nitrogens with one attached hydrogen (secondary N) is 2. The van der Waals surface area contributed by atoms with Gasteiger partial charge in [-0.15, -0.1) is 5.43 Å². The van der Waals surface area contributed by atoms with Crippen LogP contribution in [-0.4, -0.2) is 34.8 Å². The third-order valence-corrected chi connectivity index (χ3v) is 1.24. The van der Waals surface area contributed by atoms with Gasteiger partial charge in [-0.1, -0.05) is 0 Å². The fourth-order valence-electron chi connectivity index (χ4n) is 0.740. The zero-order valence-electron chi connectivity index (χ0n) is 8.65. The van der Waals surface area contributed by atoms with Gasteiger partial charge in [-0.25, -0.2) is 25.0 Å². The van der Waals surface area contributed by atoms with Crippen molar-refractivity contribution in [3.05, 3.63) is 20.2 Å². The number of nitrogens with zero attached hydrogens (tertiary/aromatic N) is 3. The van der Waals surface area contributed by atoms with Crippen molar-refractivity contribution >= 4 is 11.9 Å². The summed E-state index contributed by atoms with van der Waals surface area (Å²) in [6.45, 7) is 1.46. The number of esters is 1. The van der Waals surface area contributed by atoms with Crippen molar-refractivity contribution in [1.82, 2.24) is 10.7 Å². The van der Waals surface area contributed by atoms with Crippen LogP contribution in [0.3, 0.4) is 0 Å². The van der Waals surface area contributed by atoms with Crippen molar-refractivity contribution in [3.63, 3.8) is 0 Å². The van der Waals surface area contributed by atoms with E-state index < -0.39 is 28.2 Å². The minimum absolute atomic E-state index is 0.0251. The van der Waals surface area contributed by atoms with Gasteiger partial charge in [-0.05, 0) is 6.92 Å². The first-order valence-electron chi connectivity index (χ1n) is 4.19. The number of rotatable bonds is 6. The molecule has 0 bridgehead atoms. The summed E-state index contributed by atoms with van der Waals surface area (Å²) in [6, 6.07) is 0. The average Bonchev–Trinajstić information content (AvgIpc) is 2.14. The monoisotopic (exact) mass is 250 g/mol. The second-order valence-electron chi connectivity index (χ2n) is 2.44. The van der Waals surface area contributed by atoms with E-state index >= 15 is 0 Å². The Morgan fingerprint density at radius 2 is 2.12 bits per heavy atom. The highest BCUT2D eigenvalue weighted by atomic mass is 16.7. The first kappa shape index (κ1) is 14.3. The van der Waals surface area contributed by atoms with Crippen LogP contribution >= 0.6 is 0 Å². The SMILES string of the molecule is CCOC(=O)C(NC(N)=N[N+](=O)[O-])N[N+](=O)[O-]. The quantitative estimate of drug-likeness (QED) is 0.117. The van der Waals surface area contributed by atoms with Crippen LogP contribution in [0.1, 0.15) is 6.92 Å². The average molecular weight is 250 g/mol. The van der Waals surface area contributed by atoms with Crippen LogP contribution in [0.2, 0.25) is 0 Å². The zero-order valence-corrected chi connectivity index (χ0v) is 8.65. The van der Waals surface area contributed by atoms with Crippen molar-refractivity contribution in [1.29, 1.82) is 0 Å². The molecule has 0 aromatic heterocycles. The molecule has 1 atom stereocenters. The molecular formula is C5H10N6O6.